The number of hydrogen-bond donors (Lipinski definition) is 1. The molecule has 0 fully saturated rings. The van der Waals surface area contributed by atoms with Crippen LogP contribution in [0, 0.1) is 0 Å². The molecule has 0 saturated carbocycles. The highest BCUT2D eigenvalue weighted by Crippen LogP contribution is 2.32. The Balaban J connectivity index is 1.79. The number of H-pyrrole nitrogens is 1. The molecule has 0 aliphatic carbocycles. The summed E-state index contributed by atoms with van der Waals surface area (Å²) in [4.78, 5) is 0. The normalized spacial score (nSPS) is 13.4. The van der Waals surface area contributed by atoms with Crippen LogP contribution in [0.15, 0.2) is 29.3 Å². The van der Waals surface area contributed by atoms with Crippen molar-refractivity contribution in [2.75, 3.05) is 13.0 Å². The van der Waals surface area contributed by atoms with Crippen molar-refractivity contribution in [1.29, 1.82) is 0 Å². The number of aromatic nitrogens is 2. The standard InChI is InChI=1S/C13H12N2O2S/c1-18-13-7-10(14-15-13)4-2-9-3-5-11-12(6-9)17-8-16-11/h2-7H,8H2,1H3,(H,14,15)/b4-2+. The monoisotopic (exact) mass is 260 g/mol. The fraction of sp³-hybridized carbons (Fsp3) is 0.154. The van der Waals surface area contributed by atoms with Gasteiger partial charge in [0.1, 0.15) is 5.03 Å². The summed E-state index contributed by atoms with van der Waals surface area (Å²) in [5.41, 5.74) is 2.05. The van der Waals surface area contributed by atoms with Gasteiger partial charge in [0.15, 0.2) is 11.5 Å². The van der Waals surface area contributed by atoms with Crippen LogP contribution in [0.1, 0.15) is 11.3 Å². The van der Waals surface area contributed by atoms with Gasteiger partial charge in [-0.25, -0.2) is 0 Å². The van der Waals surface area contributed by atoms with E-state index in [1.54, 1.807) is 11.8 Å². The minimum absolute atomic E-state index is 0.306. The summed E-state index contributed by atoms with van der Waals surface area (Å²) in [5.74, 6) is 1.60. The van der Waals surface area contributed by atoms with Gasteiger partial charge in [-0.1, -0.05) is 12.1 Å². The molecule has 1 aromatic carbocycles. The van der Waals surface area contributed by atoms with Crippen molar-refractivity contribution in [2.24, 2.45) is 0 Å². The van der Waals surface area contributed by atoms with Gasteiger partial charge >= 0.3 is 0 Å². The van der Waals surface area contributed by atoms with Gasteiger partial charge < -0.3 is 9.47 Å². The number of rotatable bonds is 3. The SMILES string of the molecule is CSc1cc(/C=C/c2ccc3c(c2)OCO3)[nH]n1. The number of benzene rings is 1. The molecule has 0 atom stereocenters. The molecule has 0 unspecified atom stereocenters. The van der Waals surface area contributed by atoms with Crippen molar-refractivity contribution >= 4 is 23.9 Å². The van der Waals surface area contributed by atoms with Crippen LogP contribution in [0.3, 0.4) is 0 Å². The number of aromatic amines is 1. The molecule has 1 aromatic heterocycles. The van der Waals surface area contributed by atoms with Gasteiger partial charge in [0.2, 0.25) is 6.79 Å². The van der Waals surface area contributed by atoms with Gasteiger partial charge in [-0.2, -0.15) is 5.10 Å². The molecule has 2 heterocycles. The van der Waals surface area contributed by atoms with E-state index in [4.69, 9.17) is 9.47 Å². The lowest BCUT2D eigenvalue weighted by atomic mass is 10.2. The van der Waals surface area contributed by atoms with E-state index >= 15 is 0 Å². The number of nitrogens with one attached hydrogen (secondary N) is 1. The first-order valence-electron chi connectivity index (χ1n) is 5.52. The highest BCUT2D eigenvalue weighted by molar-refractivity contribution is 7.98. The first kappa shape index (κ1) is 11.2. The molecular formula is C13H12N2O2S. The second kappa shape index (κ2) is 4.78. The Morgan fingerprint density at radius 3 is 2.94 bits per heavy atom. The molecule has 5 heteroatoms. The molecular weight excluding hydrogens is 248 g/mol. The fourth-order valence-corrected chi connectivity index (χ4v) is 2.09. The topological polar surface area (TPSA) is 47.1 Å². The lowest BCUT2D eigenvalue weighted by Gasteiger charge is -1.97. The van der Waals surface area contributed by atoms with Crippen LogP contribution in [0.2, 0.25) is 0 Å². The summed E-state index contributed by atoms with van der Waals surface area (Å²) in [5, 5.41) is 8.10. The van der Waals surface area contributed by atoms with E-state index in [1.807, 2.05) is 42.7 Å². The van der Waals surface area contributed by atoms with Crippen LogP contribution in [0.5, 0.6) is 11.5 Å². The van der Waals surface area contributed by atoms with E-state index in [1.165, 1.54) is 0 Å². The van der Waals surface area contributed by atoms with Crippen molar-refractivity contribution in [2.45, 2.75) is 5.03 Å². The van der Waals surface area contributed by atoms with Crippen LogP contribution in [0.4, 0.5) is 0 Å². The van der Waals surface area contributed by atoms with Gasteiger partial charge in [0, 0.05) is 0 Å². The highest BCUT2D eigenvalue weighted by Gasteiger charge is 2.12. The number of ether oxygens (including phenoxy) is 2. The zero-order chi connectivity index (χ0) is 12.4. The molecule has 18 heavy (non-hydrogen) atoms. The fourth-order valence-electron chi connectivity index (χ4n) is 1.71. The van der Waals surface area contributed by atoms with E-state index in [0.717, 1.165) is 27.8 Å². The van der Waals surface area contributed by atoms with Crippen molar-refractivity contribution in [3.8, 4) is 11.5 Å². The second-order valence-electron chi connectivity index (χ2n) is 3.81. The summed E-state index contributed by atoms with van der Waals surface area (Å²) >= 11 is 1.61. The summed E-state index contributed by atoms with van der Waals surface area (Å²) in [7, 11) is 0. The summed E-state index contributed by atoms with van der Waals surface area (Å²) in [6.45, 7) is 0.306. The Kier molecular flexibility index (Phi) is 2.98. The van der Waals surface area contributed by atoms with Crippen LogP contribution in [-0.4, -0.2) is 23.2 Å². The zero-order valence-electron chi connectivity index (χ0n) is 9.84. The second-order valence-corrected chi connectivity index (χ2v) is 4.64. The quantitative estimate of drug-likeness (QED) is 0.862. The molecule has 0 amide bonds. The zero-order valence-corrected chi connectivity index (χ0v) is 10.7. The van der Waals surface area contributed by atoms with Crippen molar-refractivity contribution in [1.82, 2.24) is 10.2 Å². The van der Waals surface area contributed by atoms with Crippen molar-refractivity contribution < 1.29 is 9.47 Å². The first-order valence-corrected chi connectivity index (χ1v) is 6.75. The van der Waals surface area contributed by atoms with Crippen LogP contribution in [-0.2, 0) is 0 Å². The van der Waals surface area contributed by atoms with Crippen molar-refractivity contribution in [3.63, 3.8) is 0 Å². The Labute approximate surface area is 109 Å². The molecule has 0 bridgehead atoms. The minimum Gasteiger partial charge on any atom is -0.454 e. The molecule has 3 rings (SSSR count). The van der Waals surface area contributed by atoms with Gasteiger partial charge in [-0.15, -0.1) is 11.8 Å². The van der Waals surface area contributed by atoms with E-state index < -0.39 is 0 Å². The van der Waals surface area contributed by atoms with Gasteiger partial charge in [0.05, 0.1) is 5.69 Å². The molecule has 92 valence electrons. The number of hydrogen-bond acceptors (Lipinski definition) is 4. The highest BCUT2D eigenvalue weighted by atomic mass is 32.2. The third kappa shape index (κ3) is 2.22. The summed E-state index contributed by atoms with van der Waals surface area (Å²) < 4.78 is 10.6. The van der Waals surface area contributed by atoms with Crippen LogP contribution < -0.4 is 9.47 Å². The Morgan fingerprint density at radius 2 is 2.11 bits per heavy atom. The molecule has 0 saturated heterocycles. The van der Waals surface area contributed by atoms with E-state index in [0.29, 0.717) is 6.79 Å². The maximum absolute atomic E-state index is 5.33. The Bertz CT molecular complexity index is 592. The lowest BCUT2D eigenvalue weighted by molar-refractivity contribution is 0.174. The predicted octanol–water partition coefficient (Wildman–Crippen LogP) is 3.03. The average molecular weight is 260 g/mol. The van der Waals surface area contributed by atoms with Gasteiger partial charge in [-0.05, 0) is 36.1 Å². The Hall–Kier alpha value is -1.88. The molecule has 1 aliphatic rings. The smallest absolute Gasteiger partial charge is 0.231 e. The van der Waals surface area contributed by atoms with Gasteiger partial charge in [0.25, 0.3) is 0 Å². The maximum atomic E-state index is 5.33. The van der Waals surface area contributed by atoms with Gasteiger partial charge in [-0.3, -0.25) is 5.10 Å². The van der Waals surface area contributed by atoms with Crippen LogP contribution >= 0.6 is 11.8 Å². The Morgan fingerprint density at radius 1 is 1.22 bits per heavy atom. The van der Waals surface area contributed by atoms with E-state index in [-0.39, 0.29) is 0 Å². The number of thioether (sulfide) groups is 1. The molecule has 1 aliphatic heterocycles. The van der Waals surface area contributed by atoms with E-state index in [9.17, 15) is 0 Å². The molecule has 4 nitrogen and oxygen atoms in total. The van der Waals surface area contributed by atoms with Crippen molar-refractivity contribution in [3.05, 3.63) is 35.5 Å². The van der Waals surface area contributed by atoms with E-state index in [2.05, 4.69) is 10.2 Å². The molecule has 0 spiro atoms. The molecule has 2 aromatic rings. The first-order chi connectivity index (χ1) is 8.85. The minimum atomic E-state index is 0.306. The number of fused-ring (bicyclic) bond motifs is 1. The summed E-state index contributed by atoms with van der Waals surface area (Å²) in [6, 6.07) is 7.89. The maximum Gasteiger partial charge on any atom is 0.231 e. The average Bonchev–Trinajstić information content (AvgIpc) is 3.04. The largest absolute Gasteiger partial charge is 0.454 e. The van der Waals surface area contributed by atoms with Crippen LogP contribution in [0.25, 0.3) is 12.2 Å². The lowest BCUT2D eigenvalue weighted by Crippen LogP contribution is -1.92. The number of nitrogens with zero attached hydrogens (tertiary/aromatic N) is 1. The molecule has 1 N–H and O–H groups in total. The summed E-state index contributed by atoms with van der Waals surface area (Å²) in [6.07, 6.45) is 6.01. The molecule has 0 radical (unpaired) electrons. The third-order valence-electron chi connectivity index (χ3n) is 2.64. The predicted molar refractivity (Wildman–Crippen MR) is 71.9 cm³/mol. The third-order valence-corrected chi connectivity index (χ3v) is 3.26.